The topological polar surface area (TPSA) is 136 Å². The van der Waals surface area contributed by atoms with Crippen molar-refractivity contribution in [3.63, 3.8) is 0 Å². The molecule has 0 bridgehead atoms. The van der Waals surface area contributed by atoms with Crippen LogP contribution in [0.2, 0.25) is 0 Å². The lowest BCUT2D eigenvalue weighted by Crippen LogP contribution is -2.32. The third-order valence-corrected chi connectivity index (χ3v) is 2.03. The lowest BCUT2D eigenvalue weighted by Gasteiger charge is -2.09. The molecule has 0 amide bonds. The molecule has 0 aliphatic carbocycles. The van der Waals surface area contributed by atoms with Gasteiger partial charge in [-0.25, -0.2) is 4.79 Å². The summed E-state index contributed by atoms with van der Waals surface area (Å²) in [7, 11) is 0. The van der Waals surface area contributed by atoms with Crippen LogP contribution in [-0.2, 0) is 11.2 Å². The molecule has 1 rings (SSSR count). The molecular formula is C10H14N2O6. The monoisotopic (exact) mass is 258 g/mol. The molecule has 1 aromatic rings. The molecule has 0 saturated carbocycles. The van der Waals surface area contributed by atoms with Crippen LogP contribution in [0.15, 0.2) is 4.52 Å². The van der Waals surface area contributed by atoms with Gasteiger partial charge in [0.05, 0.1) is 11.7 Å². The second kappa shape index (κ2) is 5.50. The average molecular weight is 258 g/mol. The van der Waals surface area contributed by atoms with E-state index in [4.69, 9.17) is 20.7 Å². The lowest BCUT2D eigenvalue weighted by atomic mass is 10.1. The van der Waals surface area contributed by atoms with Gasteiger partial charge in [-0.3, -0.25) is 4.79 Å². The van der Waals surface area contributed by atoms with Gasteiger partial charge >= 0.3 is 11.9 Å². The van der Waals surface area contributed by atoms with Crippen LogP contribution in [-0.4, -0.2) is 39.5 Å². The van der Waals surface area contributed by atoms with E-state index < -0.39 is 23.7 Å². The zero-order valence-corrected chi connectivity index (χ0v) is 9.91. The van der Waals surface area contributed by atoms with Gasteiger partial charge in [-0.1, -0.05) is 0 Å². The maximum atomic E-state index is 10.9. The van der Waals surface area contributed by atoms with Gasteiger partial charge in [0, 0.05) is 6.42 Å². The Labute approximate surface area is 102 Å². The standard InChI is InChI=1S/C10H14N2O6/c1-4(2)17-8-5(3-6(11)9(13)14)7(10(15)16)18-12-8/h4,6H,3,11H2,1-2H3,(H,13,14)(H,15,16). The highest BCUT2D eigenvalue weighted by Gasteiger charge is 2.27. The number of nitrogens with zero attached hydrogens (tertiary/aromatic N) is 1. The highest BCUT2D eigenvalue weighted by Crippen LogP contribution is 2.24. The Balaban J connectivity index is 3.06. The van der Waals surface area contributed by atoms with Crippen molar-refractivity contribution >= 4 is 11.9 Å². The van der Waals surface area contributed by atoms with Crippen molar-refractivity contribution in [3.8, 4) is 5.88 Å². The molecule has 0 radical (unpaired) electrons. The number of hydrogen-bond acceptors (Lipinski definition) is 6. The third-order valence-electron chi connectivity index (χ3n) is 2.03. The van der Waals surface area contributed by atoms with E-state index in [2.05, 4.69) is 9.68 Å². The number of hydrogen-bond donors (Lipinski definition) is 3. The number of aliphatic carboxylic acids is 1. The smallest absolute Gasteiger partial charge is 0.375 e. The van der Waals surface area contributed by atoms with Crippen LogP contribution < -0.4 is 10.5 Å². The number of nitrogens with two attached hydrogens (primary N) is 1. The minimum absolute atomic E-state index is 0.0425. The molecule has 100 valence electrons. The number of aromatic carboxylic acids is 1. The fourth-order valence-electron chi connectivity index (χ4n) is 1.27. The van der Waals surface area contributed by atoms with Gasteiger partial charge in [-0.05, 0) is 19.0 Å². The van der Waals surface area contributed by atoms with Crippen molar-refractivity contribution < 1.29 is 29.1 Å². The number of carbonyl (C=O) groups is 2. The van der Waals surface area contributed by atoms with Crippen molar-refractivity contribution in [1.29, 1.82) is 0 Å². The molecule has 1 atom stereocenters. The first-order valence-corrected chi connectivity index (χ1v) is 5.19. The molecule has 8 nitrogen and oxygen atoms in total. The quantitative estimate of drug-likeness (QED) is 0.654. The molecule has 1 aromatic heterocycles. The molecule has 0 saturated heterocycles. The van der Waals surface area contributed by atoms with E-state index in [0.29, 0.717) is 0 Å². The molecule has 0 aliphatic heterocycles. The Morgan fingerprint density at radius 3 is 2.50 bits per heavy atom. The van der Waals surface area contributed by atoms with Crippen molar-refractivity contribution in [1.82, 2.24) is 5.16 Å². The highest BCUT2D eigenvalue weighted by molar-refractivity contribution is 5.87. The molecule has 18 heavy (non-hydrogen) atoms. The molecular weight excluding hydrogens is 244 g/mol. The predicted molar refractivity (Wildman–Crippen MR) is 58.5 cm³/mol. The SMILES string of the molecule is CC(C)Oc1noc(C(=O)O)c1CC(N)C(=O)O. The first-order chi connectivity index (χ1) is 8.32. The fraction of sp³-hybridized carbons (Fsp3) is 0.500. The van der Waals surface area contributed by atoms with E-state index in [0.717, 1.165) is 0 Å². The van der Waals surface area contributed by atoms with Gasteiger partial charge in [-0.2, -0.15) is 0 Å². The number of aromatic nitrogens is 1. The van der Waals surface area contributed by atoms with Gasteiger partial charge in [0.25, 0.3) is 11.6 Å². The molecule has 8 heteroatoms. The summed E-state index contributed by atoms with van der Waals surface area (Å²) in [6.45, 7) is 3.44. The molecule has 1 unspecified atom stereocenters. The first kappa shape index (κ1) is 14.0. The Morgan fingerprint density at radius 2 is 2.06 bits per heavy atom. The maximum Gasteiger partial charge on any atom is 0.375 e. The highest BCUT2D eigenvalue weighted by atomic mass is 16.5. The normalized spacial score (nSPS) is 12.4. The Bertz CT molecular complexity index is 453. The first-order valence-electron chi connectivity index (χ1n) is 5.19. The van der Waals surface area contributed by atoms with Crippen LogP contribution in [0.25, 0.3) is 0 Å². The van der Waals surface area contributed by atoms with E-state index in [-0.39, 0.29) is 24.0 Å². The number of rotatable bonds is 6. The summed E-state index contributed by atoms with van der Waals surface area (Å²) in [5.41, 5.74) is 5.41. The van der Waals surface area contributed by atoms with Crippen molar-refractivity contribution in [3.05, 3.63) is 11.3 Å². The molecule has 1 heterocycles. The summed E-state index contributed by atoms with van der Waals surface area (Å²) in [4.78, 5) is 21.6. The van der Waals surface area contributed by atoms with E-state index in [1.165, 1.54) is 0 Å². The summed E-state index contributed by atoms with van der Waals surface area (Å²) >= 11 is 0. The van der Waals surface area contributed by atoms with Crippen LogP contribution in [0.1, 0.15) is 30.0 Å². The van der Waals surface area contributed by atoms with Gasteiger partial charge in [0.15, 0.2) is 0 Å². The number of carboxylic acids is 2. The second-order valence-electron chi connectivity index (χ2n) is 3.92. The maximum absolute atomic E-state index is 10.9. The van der Waals surface area contributed by atoms with Crippen molar-refractivity contribution in [2.75, 3.05) is 0 Å². The largest absolute Gasteiger partial charge is 0.480 e. The van der Waals surface area contributed by atoms with E-state index in [9.17, 15) is 9.59 Å². The number of ether oxygens (including phenoxy) is 1. The number of carboxylic acid groups (broad SMARTS) is 2. The summed E-state index contributed by atoms with van der Waals surface area (Å²) in [5, 5.41) is 21.1. The summed E-state index contributed by atoms with van der Waals surface area (Å²) in [5.74, 6) is -3.10. The van der Waals surface area contributed by atoms with E-state index in [1.807, 2.05) is 0 Å². The van der Waals surface area contributed by atoms with Crippen molar-refractivity contribution in [2.24, 2.45) is 5.73 Å². The third kappa shape index (κ3) is 3.20. The average Bonchev–Trinajstić information content (AvgIpc) is 2.60. The predicted octanol–water partition coefficient (Wildman–Crippen LogP) is 0.114. The minimum atomic E-state index is -1.35. The molecule has 0 aromatic carbocycles. The van der Waals surface area contributed by atoms with Crippen LogP contribution in [0, 0.1) is 0 Å². The van der Waals surface area contributed by atoms with Gasteiger partial charge in [0.1, 0.15) is 6.04 Å². The lowest BCUT2D eigenvalue weighted by molar-refractivity contribution is -0.138. The van der Waals surface area contributed by atoms with Gasteiger partial charge in [-0.15, -0.1) is 0 Å². The van der Waals surface area contributed by atoms with Crippen LogP contribution in [0.5, 0.6) is 5.88 Å². The summed E-state index contributed by atoms with van der Waals surface area (Å²) in [6, 6.07) is -1.25. The van der Waals surface area contributed by atoms with Gasteiger partial charge < -0.3 is 25.2 Å². The molecule has 0 aliphatic rings. The zero-order valence-electron chi connectivity index (χ0n) is 9.91. The zero-order chi connectivity index (χ0) is 13.9. The van der Waals surface area contributed by atoms with Crippen LogP contribution in [0.4, 0.5) is 0 Å². The van der Waals surface area contributed by atoms with Gasteiger partial charge in [0.2, 0.25) is 0 Å². The molecule has 0 spiro atoms. The molecule has 4 N–H and O–H groups in total. The van der Waals surface area contributed by atoms with Crippen LogP contribution in [0.3, 0.4) is 0 Å². The second-order valence-corrected chi connectivity index (χ2v) is 3.92. The minimum Gasteiger partial charge on any atom is -0.480 e. The van der Waals surface area contributed by atoms with E-state index >= 15 is 0 Å². The molecule has 0 fully saturated rings. The van der Waals surface area contributed by atoms with E-state index in [1.54, 1.807) is 13.8 Å². The Morgan fingerprint density at radius 1 is 1.44 bits per heavy atom. The Hall–Kier alpha value is -2.09. The summed E-state index contributed by atoms with van der Waals surface area (Å²) < 4.78 is 9.86. The van der Waals surface area contributed by atoms with Crippen molar-refractivity contribution in [2.45, 2.75) is 32.4 Å². The summed E-state index contributed by atoms with van der Waals surface area (Å²) in [6.07, 6.45) is -0.487. The Kier molecular flexibility index (Phi) is 4.27. The van der Waals surface area contributed by atoms with Crippen LogP contribution >= 0.6 is 0 Å². The fourth-order valence-corrected chi connectivity index (χ4v) is 1.27.